The topological polar surface area (TPSA) is 79.4 Å². The number of thiazole rings is 1. The first-order valence-electron chi connectivity index (χ1n) is 8.88. The summed E-state index contributed by atoms with van der Waals surface area (Å²) in [7, 11) is -2.27. The summed E-state index contributed by atoms with van der Waals surface area (Å²) in [4.78, 5) is 16.4. The highest BCUT2D eigenvalue weighted by Crippen LogP contribution is 2.23. The molecule has 0 saturated carbocycles. The van der Waals surface area contributed by atoms with Crippen molar-refractivity contribution < 1.29 is 17.6 Å². The van der Waals surface area contributed by atoms with Gasteiger partial charge in [-0.1, -0.05) is 0 Å². The molecular weight excluding hydrogens is 413 g/mol. The predicted octanol–water partition coefficient (Wildman–Crippen LogP) is 3.99. The van der Waals surface area contributed by atoms with Crippen molar-refractivity contribution in [1.82, 2.24) is 9.29 Å². The fraction of sp³-hybridized carbons (Fsp3) is 0.200. The first-order valence-corrected chi connectivity index (χ1v) is 11.2. The molecule has 29 heavy (non-hydrogen) atoms. The molecule has 152 valence electrons. The van der Waals surface area contributed by atoms with E-state index < -0.39 is 15.8 Å². The highest BCUT2D eigenvalue weighted by molar-refractivity contribution is 7.89. The third kappa shape index (κ3) is 5.47. The zero-order valence-electron chi connectivity index (χ0n) is 15.7. The summed E-state index contributed by atoms with van der Waals surface area (Å²) in [6, 6.07) is 12.0. The molecule has 1 N–H and O–H groups in total. The Morgan fingerprint density at radius 2 is 1.83 bits per heavy atom. The van der Waals surface area contributed by atoms with Gasteiger partial charge in [-0.25, -0.2) is 22.1 Å². The summed E-state index contributed by atoms with van der Waals surface area (Å²) in [5.74, 6) is -0.692. The van der Waals surface area contributed by atoms with Crippen LogP contribution in [0.4, 0.5) is 10.1 Å². The van der Waals surface area contributed by atoms with E-state index in [1.807, 2.05) is 17.5 Å². The van der Waals surface area contributed by atoms with E-state index in [1.165, 1.54) is 30.5 Å². The van der Waals surface area contributed by atoms with Gasteiger partial charge in [-0.15, -0.1) is 11.3 Å². The van der Waals surface area contributed by atoms with Crippen LogP contribution in [0.25, 0.3) is 10.6 Å². The molecule has 0 aliphatic heterocycles. The average Bonchev–Trinajstić information content (AvgIpc) is 3.23. The van der Waals surface area contributed by atoms with E-state index >= 15 is 0 Å². The second-order valence-corrected chi connectivity index (χ2v) is 9.29. The number of aromatic nitrogens is 1. The average molecular weight is 434 g/mol. The van der Waals surface area contributed by atoms with Gasteiger partial charge < -0.3 is 5.32 Å². The number of carbonyl (C=O) groups is 1. The Balaban J connectivity index is 1.48. The Hall–Kier alpha value is -2.62. The number of hydrogen-bond acceptors (Lipinski definition) is 5. The quantitative estimate of drug-likeness (QED) is 0.583. The zero-order chi connectivity index (χ0) is 20.9. The van der Waals surface area contributed by atoms with Crippen molar-refractivity contribution in [3.05, 3.63) is 65.9 Å². The molecule has 6 nitrogen and oxygen atoms in total. The number of nitrogens with one attached hydrogen (secondary N) is 1. The molecule has 0 spiro atoms. The molecule has 3 rings (SSSR count). The van der Waals surface area contributed by atoms with Crippen LogP contribution in [0.5, 0.6) is 0 Å². The minimum Gasteiger partial charge on any atom is -0.326 e. The standard InChI is InChI=1S/C20H20FN3O3S2/c1-24(29(26,27)18-10-6-16(21)7-11-18)13-2-3-19(25)23-17-8-4-15(5-9-17)20-22-12-14-28-20/h4-12,14H,2-3,13H2,1H3,(H,23,25). The second-order valence-electron chi connectivity index (χ2n) is 6.35. The lowest BCUT2D eigenvalue weighted by Crippen LogP contribution is -2.28. The first-order chi connectivity index (χ1) is 13.9. The van der Waals surface area contributed by atoms with Crippen molar-refractivity contribution in [2.75, 3.05) is 18.9 Å². The van der Waals surface area contributed by atoms with Gasteiger partial charge in [0.1, 0.15) is 10.8 Å². The highest BCUT2D eigenvalue weighted by atomic mass is 32.2. The summed E-state index contributed by atoms with van der Waals surface area (Å²) < 4.78 is 39.0. The molecule has 9 heteroatoms. The van der Waals surface area contributed by atoms with Gasteiger partial charge in [0.25, 0.3) is 0 Å². The predicted molar refractivity (Wildman–Crippen MR) is 112 cm³/mol. The molecule has 0 bridgehead atoms. The number of anilines is 1. The molecule has 0 fully saturated rings. The SMILES string of the molecule is CN(CCCC(=O)Nc1ccc(-c2nccs2)cc1)S(=O)(=O)c1ccc(F)cc1. The van der Waals surface area contributed by atoms with E-state index in [0.29, 0.717) is 12.1 Å². The number of benzene rings is 2. The molecule has 3 aromatic rings. The van der Waals surface area contributed by atoms with E-state index in [2.05, 4.69) is 10.3 Å². The molecule has 0 aliphatic rings. The normalized spacial score (nSPS) is 11.6. The number of hydrogen-bond donors (Lipinski definition) is 1. The van der Waals surface area contributed by atoms with Gasteiger partial charge in [-0.3, -0.25) is 4.79 Å². The van der Waals surface area contributed by atoms with Crippen LogP contribution >= 0.6 is 11.3 Å². The van der Waals surface area contributed by atoms with E-state index in [4.69, 9.17) is 0 Å². The molecule has 1 heterocycles. The van der Waals surface area contributed by atoms with Crippen LogP contribution in [-0.4, -0.2) is 37.2 Å². The summed E-state index contributed by atoms with van der Waals surface area (Å²) in [5, 5.41) is 5.61. The molecule has 0 unspecified atom stereocenters. The smallest absolute Gasteiger partial charge is 0.242 e. The van der Waals surface area contributed by atoms with Gasteiger partial charge in [0.2, 0.25) is 15.9 Å². The lowest BCUT2D eigenvalue weighted by Gasteiger charge is -2.17. The van der Waals surface area contributed by atoms with Crippen LogP contribution in [0.3, 0.4) is 0 Å². The lowest BCUT2D eigenvalue weighted by molar-refractivity contribution is -0.116. The van der Waals surface area contributed by atoms with E-state index in [-0.39, 0.29) is 23.8 Å². The number of carbonyl (C=O) groups excluding carboxylic acids is 1. The number of rotatable bonds is 8. The number of halogens is 1. The van der Waals surface area contributed by atoms with Gasteiger partial charge >= 0.3 is 0 Å². The van der Waals surface area contributed by atoms with Crippen LogP contribution in [0, 0.1) is 5.82 Å². The Kier molecular flexibility index (Phi) is 6.73. The van der Waals surface area contributed by atoms with Crippen molar-refractivity contribution in [3.8, 4) is 10.6 Å². The number of nitrogens with zero attached hydrogens (tertiary/aromatic N) is 2. The van der Waals surface area contributed by atoms with Crippen LogP contribution in [-0.2, 0) is 14.8 Å². The maximum Gasteiger partial charge on any atom is 0.242 e. The van der Waals surface area contributed by atoms with Gasteiger partial charge in [0.05, 0.1) is 4.90 Å². The molecule has 1 aromatic heterocycles. The van der Waals surface area contributed by atoms with E-state index in [0.717, 1.165) is 27.0 Å². The Morgan fingerprint density at radius 1 is 1.14 bits per heavy atom. The summed E-state index contributed by atoms with van der Waals surface area (Å²) in [6.07, 6.45) is 2.28. The summed E-state index contributed by atoms with van der Waals surface area (Å²) >= 11 is 1.54. The third-order valence-corrected chi connectivity index (χ3v) is 6.94. The van der Waals surface area contributed by atoms with Crippen LogP contribution in [0.1, 0.15) is 12.8 Å². The Morgan fingerprint density at radius 3 is 2.45 bits per heavy atom. The molecule has 0 atom stereocenters. The van der Waals surface area contributed by atoms with Crippen LogP contribution in [0.15, 0.2) is 65.0 Å². The van der Waals surface area contributed by atoms with E-state index in [1.54, 1.807) is 18.3 Å². The van der Waals surface area contributed by atoms with Gasteiger partial charge in [-0.05, 0) is 55.0 Å². The van der Waals surface area contributed by atoms with Crippen molar-refractivity contribution in [2.45, 2.75) is 17.7 Å². The van der Waals surface area contributed by atoms with Gasteiger partial charge in [0, 0.05) is 42.8 Å². The van der Waals surface area contributed by atoms with Crippen LogP contribution in [0.2, 0.25) is 0 Å². The maximum absolute atomic E-state index is 13.0. The molecule has 2 aromatic carbocycles. The van der Waals surface area contributed by atoms with Crippen molar-refractivity contribution in [1.29, 1.82) is 0 Å². The van der Waals surface area contributed by atoms with E-state index in [9.17, 15) is 17.6 Å². The molecular formula is C20H20FN3O3S2. The third-order valence-electron chi connectivity index (χ3n) is 4.25. The fourth-order valence-electron chi connectivity index (χ4n) is 2.65. The number of amides is 1. The van der Waals surface area contributed by atoms with Gasteiger partial charge in [0.15, 0.2) is 0 Å². The molecule has 1 amide bonds. The minimum absolute atomic E-state index is 0.0196. The van der Waals surface area contributed by atoms with Crippen molar-refractivity contribution in [2.24, 2.45) is 0 Å². The van der Waals surface area contributed by atoms with Crippen molar-refractivity contribution in [3.63, 3.8) is 0 Å². The van der Waals surface area contributed by atoms with Crippen LogP contribution < -0.4 is 5.32 Å². The summed E-state index contributed by atoms with van der Waals surface area (Å²) in [6.45, 7) is 0.177. The zero-order valence-corrected chi connectivity index (χ0v) is 17.3. The molecule has 0 saturated heterocycles. The van der Waals surface area contributed by atoms with Crippen molar-refractivity contribution >= 4 is 33.0 Å². The lowest BCUT2D eigenvalue weighted by atomic mass is 10.2. The first kappa shape index (κ1) is 21.1. The minimum atomic E-state index is -3.71. The maximum atomic E-state index is 13.0. The fourth-order valence-corrected chi connectivity index (χ4v) is 4.51. The number of sulfonamides is 1. The Labute approximate surface area is 173 Å². The largest absolute Gasteiger partial charge is 0.326 e. The summed E-state index contributed by atoms with van der Waals surface area (Å²) in [5.41, 5.74) is 1.65. The highest BCUT2D eigenvalue weighted by Gasteiger charge is 2.20. The monoisotopic (exact) mass is 433 g/mol. The Bertz CT molecular complexity index is 1050. The second kappa shape index (κ2) is 9.25. The molecule has 0 aliphatic carbocycles. The molecule has 0 radical (unpaired) electrons. The van der Waals surface area contributed by atoms with Gasteiger partial charge in [-0.2, -0.15) is 0 Å².